The van der Waals surface area contributed by atoms with Crippen molar-refractivity contribution in [2.75, 3.05) is 18.4 Å². The SMILES string of the molecule is CCN(CC)S(=O)(=O)c1ccc(O)c(NC(=O)c2nn(-c3ccc(F)cc3)c3c2CCCC3)c1. The maximum atomic E-state index is 13.4. The molecule has 34 heavy (non-hydrogen) atoms. The van der Waals surface area contributed by atoms with Gasteiger partial charge in [-0.15, -0.1) is 0 Å². The van der Waals surface area contributed by atoms with Gasteiger partial charge in [-0.1, -0.05) is 13.8 Å². The Kier molecular flexibility index (Phi) is 6.72. The summed E-state index contributed by atoms with van der Waals surface area (Å²) >= 11 is 0. The number of aromatic nitrogens is 2. The van der Waals surface area contributed by atoms with Crippen molar-refractivity contribution in [1.82, 2.24) is 14.1 Å². The molecule has 3 aromatic rings. The standard InChI is InChI=1S/C24H27FN4O4S/c1-3-28(4-2)34(32,33)18-13-14-22(30)20(15-18)26-24(31)23-19-7-5-6-8-21(19)29(27-23)17-11-9-16(25)10-12-17/h9-15,30H,3-8H2,1-2H3,(H,26,31). The second-order valence-electron chi connectivity index (χ2n) is 8.09. The molecule has 1 heterocycles. The van der Waals surface area contributed by atoms with Crippen LogP contribution in [0.5, 0.6) is 5.75 Å². The summed E-state index contributed by atoms with van der Waals surface area (Å²) < 4.78 is 42.1. The molecule has 8 nitrogen and oxygen atoms in total. The number of phenols is 1. The molecule has 0 saturated carbocycles. The second kappa shape index (κ2) is 9.55. The highest BCUT2D eigenvalue weighted by atomic mass is 32.2. The molecule has 2 aromatic carbocycles. The molecule has 1 amide bonds. The third kappa shape index (κ3) is 4.43. The Hall–Kier alpha value is -3.24. The van der Waals surface area contributed by atoms with E-state index in [4.69, 9.17) is 0 Å². The normalized spacial score (nSPS) is 13.6. The van der Waals surface area contributed by atoms with Gasteiger partial charge in [0.2, 0.25) is 10.0 Å². The number of nitrogens with zero attached hydrogens (tertiary/aromatic N) is 3. The molecular weight excluding hydrogens is 459 g/mol. The summed E-state index contributed by atoms with van der Waals surface area (Å²) in [4.78, 5) is 13.2. The molecule has 0 unspecified atom stereocenters. The Morgan fingerprint density at radius 2 is 1.79 bits per heavy atom. The van der Waals surface area contributed by atoms with Crippen molar-refractivity contribution in [2.45, 2.75) is 44.4 Å². The van der Waals surface area contributed by atoms with Crippen LogP contribution in [0, 0.1) is 5.82 Å². The van der Waals surface area contributed by atoms with E-state index in [1.807, 2.05) is 0 Å². The number of fused-ring (bicyclic) bond motifs is 1. The zero-order valence-corrected chi connectivity index (χ0v) is 19.9. The minimum Gasteiger partial charge on any atom is -0.506 e. The number of hydrogen-bond donors (Lipinski definition) is 2. The average molecular weight is 487 g/mol. The van der Waals surface area contributed by atoms with Crippen LogP contribution in [0.1, 0.15) is 48.4 Å². The zero-order valence-electron chi connectivity index (χ0n) is 19.1. The van der Waals surface area contributed by atoms with Gasteiger partial charge in [0.15, 0.2) is 5.69 Å². The van der Waals surface area contributed by atoms with E-state index >= 15 is 0 Å². The monoisotopic (exact) mass is 486 g/mol. The molecule has 0 spiro atoms. The van der Waals surface area contributed by atoms with Crippen LogP contribution < -0.4 is 5.32 Å². The Bertz CT molecular complexity index is 1320. The molecule has 1 aromatic heterocycles. The van der Waals surface area contributed by atoms with Gasteiger partial charge in [0.25, 0.3) is 5.91 Å². The predicted molar refractivity (Wildman–Crippen MR) is 126 cm³/mol. The number of carbonyl (C=O) groups excluding carboxylic acids is 1. The van der Waals surface area contributed by atoms with Crippen molar-refractivity contribution >= 4 is 21.6 Å². The predicted octanol–water partition coefficient (Wildman–Crippen LogP) is 3.88. The van der Waals surface area contributed by atoms with Gasteiger partial charge in [0.1, 0.15) is 11.6 Å². The number of carbonyl (C=O) groups is 1. The first-order valence-electron chi connectivity index (χ1n) is 11.3. The van der Waals surface area contributed by atoms with Crippen molar-refractivity contribution in [3.63, 3.8) is 0 Å². The number of rotatable bonds is 7. The molecule has 1 aliphatic carbocycles. The average Bonchev–Trinajstić information content (AvgIpc) is 3.21. The quantitative estimate of drug-likeness (QED) is 0.493. The van der Waals surface area contributed by atoms with Crippen LogP contribution in [-0.4, -0.2) is 46.6 Å². The zero-order chi connectivity index (χ0) is 24.5. The lowest BCUT2D eigenvalue weighted by Gasteiger charge is -2.19. The largest absolute Gasteiger partial charge is 0.506 e. The van der Waals surface area contributed by atoms with E-state index < -0.39 is 15.9 Å². The van der Waals surface area contributed by atoms with Crippen molar-refractivity contribution in [3.05, 3.63) is 65.2 Å². The highest BCUT2D eigenvalue weighted by Crippen LogP contribution is 2.31. The maximum Gasteiger partial charge on any atom is 0.276 e. The summed E-state index contributed by atoms with van der Waals surface area (Å²) in [7, 11) is -3.77. The van der Waals surface area contributed by atoms with Crippen molar-refractivity contribution in [3.8, 4) is 11.4 Å². The van der Waals surface area contributed by atoms with E-state index in [0.717, 1.165) is 30.5 Å². The molecule has 1 aliphatic rings. The van der Waals surface area contributed by atoms with Gasteiger partial charge in [-0.05, 0) is 68.1 Å². The highest BCUT2D eigenvalue weighted by Gasteiger charge is 2.27. The van der Waals surface area contributed by atoms with Crippen molar-refractivity contribution in [2.24, 2.45) is 0 Å². The third-order valence-electron chi connectivity index (χ3n) is 6.03. The maximum absolute atomic E-state index is 13.4. The van der Waals surface area contributed by atoms with Crippen molar-refractivity contribution < 1.29 is 22.7 Å². The van der Waals surface area contributed by atoms with E-state index in [1.165, 1.54) is 34.6 Å². The summed E-state index contributed by atoms with van der Waals surface area (Å²) in [6.07, 6.45) is 3.26. The number of hydrogen-bond acceptors (Lipinski definition) is 5. The Balaban J connectivity index is 1.69. The van der Waals surface area contributed by atoms with Crippen LogP contribution in [-0.2, 0) is 22.9 Å². The number of amides is 1. The smallest absolute Gasteiger partial charge is 0.276 e. The second-order valence-corrected chi connectivity index (χ2v) is 10.0. The topological polar surface area (TPSA) is 105 Å². The summed E-state index contributed by atoms with van der Waals surface area (Å²) in [5.74, 6) is -1.16. The fraction of sp³-hybridized carbons (Fsp3) is 0.333. The van der Waals surface area contributed by atoms with Gasteiger partial charge in [-0.25, -0.2) is 17.5 Å². The van der Waals surface area contributed by atoms with Crippen LogP contribution in [0.4, 0.5) is 10.1 Å². The molecule has 0 bridgehead atoms. The number of halogens is 1. The molecule has 10 heteroatoms. The summed E-state index contributed by atoms with van der Waals surface area (Å²) in [6.45, 7) is 4.08. The summed E-state index contributed by atoms with van der Waals surface area (Å²) in [5, 5.41) is 17.5. The molecule has 0 atom stereocenters. The number of aromatic hydroxyl groups is 1. The van der Waals surface area contributed by atoms with Crippen molar-refractivity contribution in [1.29, 1.82) is 0 Å². The van der Waals surface area contributed by atoms with E-state index in [-0.39, 0.29) is 27.8 Å². The number of anilines is 1. The summed E-state index contributed by atoms with van der Waals surface area (Å²) in [6, 6.07) is 9.70. The Morgan fingerprint density at radius 3 is 2.47 bits per heavy atom. The molecule has 180 valence electrons. The molecule has 0 saturated heterocycles. The van der Waals surface area contributed by atoms with E-state index in [2.05, 4.69) is 10.4 Å². The Labute approximate surface area is 198 Å². The lowest BCUT2D eigenvalue weighted by atomic mass is 9.95. The van der Waals surface area contributed by atoms with Gasteiger partial charge in [-0.2, -0.15) is 9.40 Å². The van der Waals surface area contributed by atoms with E-state index in [1.54, 1.807) is 30.7 Å². The first-order valence-corrected chi connectivity index (χ1v) is 12.7. The molecular formula is C24H27FN4O4S. The first kappa shape index (κ1) is 23.9. The third-order valence-corrected chi connectivity index (χ3v) is 8.07. The number of nitrogens with one attached hydrogen (secondary N) is 1. The van der Waals surface area contributed by atoms with Crippen LogP contribution >= 0.6 is 0 Å². The van der Waals surface area contributed by atoms with Gasteiger partial charge in [0, 0.05) is 24.3 Å². The van der Waals surface area contributed by atoms with E-state index in [9.17, 15) is 22.7 Å². The molecule has 2 N–H and O–H groups in total. The lowest BCUT2D eigenvalue weighted by Crippen LogP contribution is -2.30. The summed E-state index contributed by atoms with van der Waals surface area (Å²) in [5.41, 5.74) is 2.54. The van der Waals surface area contributed by atoms with Gasteiger partial charge < -0.3 is 10.4 Å². The Morgan fingerprint density at radius 1 is 1.12 bits per heavy atom. The number of phenolic OH excluding ortho intramolecular Hbond substituents is 1. The fourth-order valence-corrected chi connectivity index (χ4v) is 5.73. The van der Waals surface area contributed by atoms with Gasteiger partial charge in [-0.3, -0.25) is 4.79 Å². The molecule has 0 radical (unpaired) electrons. The lowest BCUT2D eigenvalue weighted by molar-refractivity contribution is 0.102. The molecule has 0 aliphatic heterocycles. The minimum atomic E-state index is -3.77. The highest BCUT2D eigenvalue weighted by molar-refractivity contribution is 7.89. The van der Waals surface area contributed by atoms with Crippen LogP contribution in [0.3, 0.4) is 0 Å². The fourth-order valence-electron chi connectivity index (χ4n) is 4.25. The van der Waals surface area contributed by atoms with Crippen LogP contribution in [0.2, 0.25) is 0 Å². The number of sulfonamides is 1. The van der Waals surface area contributed by atoms with Crippen LogP contribution in [0.25, 0.3) is 5.69 Å². The minimum absolute atomic E-state index is 0.0147. The van der Waals surface area contributed by atoms with Gasteiger partial charge >= 0.3 is 0 Å². The van der Waals surface area contributed by atoms with Gasteiger partial charge in [0.05, 0.1) is 16.3 Å². The molecule has 4 rings (SSSR count). The first-order chi connectivity index (χ1) is 16.3. The van der Waals surface area contributed by atoms with E-state index in [0.29, 0.717) is 25.2 Å². The van der Waals surface area contributed by atoms with Crippen LogP contribution in [0.15, 0.2) is 47.4 Å². The number of benzene rings is 2. The molecule has 0 fully saturated rings.